The van der Waals surface area contributed by atoms with Gasteiger partial charge >= 0.3 is 0 Å². The summed E-state index contributed by atoms with van der Waals surface area (Å²) >= 11 is 0. The van der Waals surface area contributed by atoms with E-state index in [1.807, 2.05) is 19.2 Å². The number of para-hydroxylation sites is 1. The number of hydrogen-bond acceptors (Lipinski definition) is 2. The molecule has 20 heavy (non-hydrogen) atoms. The topological polar surface area (TPSA) is 15.3 Å². The van der Waals surface area contributed by atoms with Gasteiger partial charge in [-0.05, 0) is 43.9 Å². The van der Waals surface area contributed by atoms with Crippen LogP contribution < -0.4 is 10.2 Å². The second-order valence-corrected chi connectivity index (χ2v) is 5.94. The van der Waals surface area contributed by atoms with Gasteiger partial charge in [0, 0.05) is 19.6 Å². The molecule has 1 N–H and O–H groups in total. The quantitative estimate of drug-likeness (QED) is 0.815. The van der Waals surface area contributed by atoms with Gasteiger partial charge in [0.15, 0.2) is 0 Å². The van der Waals surface area contributed by atoms with Gasteiger partial charge in [0.05, 0.1) is 5.69 Å². The molecule has 0 radical (unpaired) electrons. The molecule has 1 unspecified atom stereocenters. The van der Waals surface area contributed by atoms with Gasteiger partial charge in [-0.3, -0.25) is 0 Å². The first-order chi connectivity index (χ1) is 9.72. The Hall–Kier alpha value is -1.09. The molecule has 1 atom stereocenters. The van der Waals surface area contributed by atoms with Crippen molar-refractivity contribution in [3.63, 3.8) is 0 Å². The zero-order valence-electron chi connectivity index (χ0n) is 12.7. The minimum atomic E-state index is -0.129. The second-order valence-electron chi connectivity index (χ2n) is 5.94. The van der Waals surface area contributed by atoms with Gasteiger partial charge < -0.3 is 10.2 Å². The summed E-state index contributed by atoms with van der Waals surface area (Å²) in [5, 5.41) is 3.67. The van der Waals surface area contributed by atoms with Crippen LogP contribution in [-0.2, 0) is 0 Å². The number of halogens is 1. The van der Waals surface area contributed by atoms with Crippen molar-refractivity contribution in [2.24, 2.45) is 5.92 Å². The molecule has 0 bridgehead atoms. The molecule has 0 spiro atoms. The lowest BCUT2D eigenvalue weighted by molar-refractivity contribution is 0.361. The zero-order chi connectivity index (χ0) is 14.4. The summed E-state index contributed by atoms with van der Waals surface area (Å²) in [5.74, 6) is 0.617. The lowest BCUT2D eigenvalue weighted by Crippen LogP contribution is -2.44. The molecular weight excluding hydrogens is 251 g/mol. The average molecular weight is 278 g/mol. The van der Waals surface area contributed by atoms with Crippen LogP contribution >= 0.6 is 0 Å². The molecule has 1 fully saturated rings. The number of benzene rings is 1. The minimum Gasteiger partial charge on any atom is -0.371 e. The second kappa shape index (κ2) is 7.63. The van der Waals surface area contributed by atoms with Crippen molar-refractivity contribution < 1.29 is 4.39 Å². The molecule has 1 aliphatic carbocycles. The lowest BCUT2D eigenvalue weighted by Gasteiger charge is -2.30. The largest absolute Gasteiger partial charge is 0.371 e. The maximum absolute atomic E-state index is 13.9. The van der Waals surface area contributed by atoms with E-state index >= 15 is 0 Å². The highest BCUT2D eigenvalue weighted by Gasteiger charge is 2.25. The molecule has 1 aromatic carbocycles. The van der Waals surface area contributed by atoms with Crippen LogP contribution in [0.25, 0.3) is 0 Å². The highest BCUT2D eigenvalue weighted by molar-refractivity contribution is 5.46. The van der Waals surface area contributed by atoms with Gasteiger partial charge in [-0.1, -0.05) is 31.9 Å². The predicted molar refractivity (Wildman–Crippen MR) is 83.7 cm³/mol. The Kier molecular flexibility index (Phi) is 5.84. The van der Waals surface area contributed by atoms with Crippen LogP contribution in [0.3, 0.4) is 0 Å². The van der Waals surface area contributed by atoms with Crippen LogP contribution in [0, 0.1) is 11.7 Å². The first-order valence-corrected chi connectivity index (χ1v) is 7.91. The Bertz CT molecular complexity index is 402. The van der Waals surface area contributed by atoms with E-state index in [-0.39, 0.29) is 5.82 Å². The Morgan fingerprint density at radius 3 is 2.65 bits per heavy atom. The van der Waals surface area contributed by atoms with Crippen molar-refractivity contribution >= 4 is 5.69 Å². The lowest BCUT2D eigenvalue weighted by atomic mass is 9.97. The van der Waals surface area contributed by atoms with Crippen LogP contribution in [0.15, 0.2) is 24.3 Å². The van der Waals surface area contributed by atoms with Crippen LogP contribution in [-0.4, -0.2) is 26.2 Å². The fraction of sp³-hybridized carbons (Fsp3) is 0.647. The SMILES string of the molecule is CCCNC(CN(C)c1ccccc1F)C1CCCC1. The molecule has 112 valence electrons. The van der Waals surface area contributed by atoms with E-state index in [9.17, 15) is 4.39 Å². The molecule has 2 rings (SSSR count). The Labute approximate surface area is 122 Å². The first kappa shape index (κ1) is 15.3. The van der Waals surface area contributed by atoms with E-state index in [1.165, 1.54) is 31.7 Å². The predicted octanol–water partition coefficient (Wildman–Crippen LogP) is 3.82. The maximum atomic E-state index is 13.9. The molecule has 0 aliphatic heterocycles. The highest BCUT2D eigenvalue weighted by atomic mass is 19.1. The summed E-state index contributed by atoms with van der Waals surface area (Å²) in [4.78, 5) is 2.06. The third kappa shape index (κ3) is 3.95. The third-order valence-electron chi connectivity index (χ3n) is 4.36. The fourth-order valence-electron chi connectivity index (χ4n) is 3.22. The van der Waals surface area contributed by atoms with E-state index in [4.69, 9.17) is 0 Å². The number of nitrogens with zero attached hydrogens (tertiary/aromatic N) is 1. The van der Waals surface area contributed by atoms with Gasteiger partial charge in [-0.25, -0.2) is 4.39 Å². The van der Waals surface area contributed by atoms with E-state index in [0.29, 0.717) is 11.7 Å². The Balaban J connectivity index is 2.00. The molecule has 1 aromatic rings. The Morgan fingerprint density at radius 1 is 1.30 bits per heavy atom. The van der Waals surface area contributed by atoms with Crippen molar-refractivity contribution in [2.45, 2.75) is 45.1 Å². The van der Waals surface area contributed by atoms with Crippen molar-refractivity contribution in [1.29, 1.82) is 0 Å². The number of rotatable bonds is 7. The molecule has 1 saturated carbocycles. The molecule has 0 aromatic heterocycles. The smallest absolute Gasteiger partial charge is 0.146 e. The molecule has 1 aliphatic rings. The highest BCUT2D eigenvalue weighted by Crippen LogP contribution is 2.29. The van der Waals surface area contributed by atoms with Crippen molar-refractivity contribution in [3.8, 4) is 0 Å². The number of hydrogen-bond donors (Lipinski definition) is 1. The Morgan fingerprint density at radius 2 is 2.00 bits per heavy atom. The number of anilines is 1. The van der Waals surface area contributed by atoms with Crippen LogP contribution in [0.4, 0.5) is 10.1 Å². The summed E-state index contributed by atoms with van der Waals surface area (Å²) in [5.41, 5.74) is 0.703. The molecule has 0 saturated heterocycles. The number of nitrogens with one attached hydrogen (secondary N) is 1. The molecule has 0 amide bonds. The normalized spacial score (nSPS) is 17.4. The summed E-state index contributed by atoms with van der Waals surface area (Å²) in [6, 6.07) is 7.52. The summed E-state index contributed by atoms with van der Waals surface area (Å²) in [6.45, 7) is 4.12. The summed E-state index contributed by atoms with van der Waals surface area (Å²) in [7, 11) is 1.99. The van der Waals surface area contributed by atoms with Crippen molar-refractivity contribution in [1.82, 2.24) is 5.32 Å². The first-order valence-electron chi connectivity index (χ1n) is 7.91. The zero-order valence-corrected chi connectivity index (χ0v) is 12.7. The summed E-state index contributed by atoms with van der Waals surface area (Å²) in [6.07, 6.45) is 6.46. The van der Waals surface area contributed by atoms with Gasteiger partial charge in [-0.15, -0.1) is 0 Å². The maximum Gasteiger partial charge on any atom is 0.146 e. The van der Waals surface area contributed by atoms with Gasteiger partial charge in [0.1, 0.15) is 5.82 Å². The van der Waals surface area contributed by atoms with Crippen LogP contribution in [0.2, 0.25) is 0 Å². The molecular formula is C17H27FN2. The summed E-state index contributed by atoms with van der Waals surface area (Å²) < 4.78 is 13.9. The molecule has 0 heterocycles. The average Bonchev–Trinajstić information content (AvgIpc) is 2.97. The molecule has 2 nitrogen and oxygen atoms in total. The number of likely N-dealkylation sites (N-methyl/N-ethyl adjacent to an activating group) is 1. The van der Waals surface area contributed by atoms with E-state index in [2.05, 4.69) is 17.1 Å². The van der Waals surface area contributed by atoms with E-state index in [0.717, 1.165) is 25.4 Å². The van der Waals surface area contributed by atoms with E-state index < -0.39 is 0 Å². The van der Waals surface area contributed by atoms with Crippen molar-refractivity contribution in [3.05, 3.63) is 30.1 Å². The third-order valence-corrected chi connectivity index (χ3v) is 4.36. The van der Waals surface area contributed by atoms with Gasteiger partial charge in [0.2, 0.25) is 0 Å². The monoisotopic (exact) mass is 278 g/mol. The van der Waals surface area contributed by atoms with E-state index in [1.54, 1.807) is 6.07 Å². The van der Waals surface area contributed by atoms with Crippen LogP contribution in [0.5, 0.6) is 0 Å². The van der Waals surface area contributed by atoms with Crippen LogP contribution in [0.1, 0.15) is 39.0 Å². The molecule has 3 heteroatoms. The van der Waals surface area contributed by atoms with Gasteiger partial charge in [-0.2, -0.15) is 0 Å². The standard InChI is InChI=1S/C17H27FN2/c1-3-12-19-16(14-8-4-5-9-14)13-20(2)17-11-7-6-10-15(17)18/h6-7,10-11,14,16,19H,3-5,8-9,12-13H2,1-2H3. The fourth-order valence-corrected chi connectivity index (χ4v) is 3.22. The van der Waals surface area contributed by atoms with Gasteiger partial charge in [0.25, 0.3) is 0 Å². The minimum absolute atomic E-state index is 0.129. The van der Waals surface area contributed by atoms with Crippen molar-refractivity contribution in [2.75, 3.05) is 25.0 Å².